The number of hydrogen-bond donors (Lipinski definition) is 0. The van der Waals surface area contributed by atoms with Gasteiger partial charge in [-0.25, -0.2) is 17.6 Å². The Morgan fingerprint density at radius 1 is 0.579 bits per heavy atom. The molecule has 0 heterocycles. The minimum atomic E-state index is -0.655. The number of allylic oxidation sites excluding steroid dienone is 1. The number of halogens is 4. The smallest absolute Gasteiger partial charge is 0.381 e. The zero-order valence-corrected chi connectivity index (χ0v) is 37.1. The molecule has 0 unspecified atom stereocenters. The zero-order valence-electron chi connectivity index (χ0n) is 36.1. The van der Waals surface area contributed by atoms with Crippen LogP contribution in [0.15, 0.2) is 36.9 Å². The topological polar surface area (TPSA) is 57.8 Å². The van der Waals surface area contributed by atoms with Gasteiger partial charge in [0.1, 0.15) is 0 Å². The van der Waals surface area contributed by atoms with E-state index in [-0.39, 0.29) is 17.3 Å². The second-order valence-electron chi connectivity index (χ2n) is 17.8. The number of hydrogen-bond acceptors (Lipinski definition) is 2. The van der Waals surface area contributed by atoms with Crippen molar-refractivity contribution >= 4 is 10.1 Å². The lowest BCUT2D eigenvalue weighted by Gasteiger charge is -2.38. The van der Waals surface area contributed by atoms with Crippen molar-refractivity contribution in [3.8, 4) is 0 Å². The van der Waals surface area contributed by atoms with Crippen molar-refractivity contribution in [2.75, 3.05) is 14.2 Å². The van der Waals surface area contributed by atoms with E-state index in [0.717, 1.165) is 67.6 Å². The van der Waals surface area contributed by atoms with Crippen molar-refractivity contribution in [1.29, 1.82) is 0 Å². The predicted octanol–water partition coefficient (Wildman–Crippen LogP) is 14.2. The third kappa shape index (κ3) is 15.4. The molecule has 2 N–H and O–H groups in total. The first-order valence-corrected chi connectivity index (χ1v) is 22.6. The lowest BCUT2D eigenvalue weighted by atomic mass is 9.68. The van der Waals surface area contributed by atoms with Gasteiger partial charge in [0.15, 0.2) is 23.3 Å². The van der Waals surface area contributed by atoms with E-state index < -0.39 is 23.3 Å². The van der Waals surface area contributed by atoms with E-state index in [1.807, 2.05) is 18.2 Å². The molecule has 0 aromatic heterocycles. The summed E-state index contributed by atoms with van der Waals surface area (Å²) < 4.78 is 68.6. The van der Waals surface area contributed by atoms with Gasteiger partial charge in [-0.3, -0.25) is 0 Å². The predicted molar refractivity (Wildman–Crippen MR) is 229 cm³/mol. The van der Waals surface area contributed by atoms with Crippen molar-refractivity contribution in [3.05, 3.63) is 82.4 Å². The van der Waals surface area contributed by atoms with Gasteiger partial charge >= 0.3 is 10.1 Å². The highest BCUT2D eigenvalue weighted by Gasteiger charge is 2.34. The molecule has 57 heavy (non-hydrogen) atoms. The molecule has 4 aliphatic carbocycles. The van der Waals surface area contributed by atoms with Crippen LogP contribution in [0, 0.1) is 72.6 Å². The quantitative estimate of drug-likeness (QED) is 0.0981. The normalized spacial score (nSPS) is 27.2. The van der Waals surface area contributed by atoms with Crippen molar-refractivity contribution in [3.63, 3.8) is 0 Å². The lowest BCUT2D eigenvalue weighted by molar-refractivity contribution is 0.155. The summed E-state index contributed by atoms with van der Waals surface area (Å²) >= 11 is 0. The van der Waals surface area contributed by atoms with E-state index in [4.69, 9.17) is 4.46 Å². The summed E-state index contributed by atoms with van der Waals surface area (Å²) in [5, 5.41) is 0. The minimum Gasteiger partial charge on any atom is -0.412 e. The van der Waals surface area contributed by atoms with Crippen LogP contribution in [-0.2, 0) is 9.20 Å². The van der Waals surface area contributed by atoms with Crippen molar-refractivity contribution < 1.29 is 32.2 Å². The molecule has 2 aromatic rings. The van der Waals surface area contributed by atoms with E-state index in [1.54, 1.807) is 50.3 Å². The monoisotopic (exact) mass is 817 g/mol. The number of benzene rings is 2. The van der Waals surface area contributed by atoms with Gasteiger partial charge in [0.05, 0.1) is 0 Å². The van der Waals surface area contributed by atoms with Gasteiger partial charge in [-0.2, -0.15) is 0 Å². The van der Waals surface area contributed by atoms with Crippen molar-refractivity contribution in [2.24, 2.45) is 35.5 Å². The summed E-state index contributed by atoms with van der Waals surface area (Å²) in [6.45, 7) is 9.38. The lowest BCUT2D eigenvalue weighted by Crippen LogP contribution is -2.25. The Morgan fingerprint density at radius 2 is 0.912 bits per heavy atom. The van der Waals surface area contributed by atoms with Crippen molar-refractivity contribution in [2.45, 2.75) is 174 Å². The molecular weight excluding hydrogens is 741 g/mol. The molecule has 2 aromatic carbocycles. The van der Waals surface area contributed by atoms with Gasteiger partial charge in [0.2, 0.25) is 0 Å². The third-order valence-electron chi connectivity index (χ3n) is 14.1. The number of aryl methyl sites for hydroxylation is 2. The highest BCUT2D eigenvalue weighted by molar-refractivity contribution is 5.85. The molecule has 4 fully saturated rings. The summed E-state index contributed by atoms with van der Waals surface area (Å²) in [4.78, 5) is 0. The first kappa shape index (κ1) is 51.0. The molecule has 0 bridgehead atoms. The molecule has 4 saturated carbocycles. The molecule has 0 aliphatic heterocycles. The Bertz CT molecular complexity index is 1410. The summed E-state index contributed by atoms with van der Waals surface area (Å²) in [5.41, 5.74) is 2.04. The molecule has 0 amide bonds. The average Bonchev–Trinajstić information content (AvgIpc) is 3.23. The molecule has 2 radical (unpaired) electrons. The molecule has 3 nitrogen and oxygen atoms in total. The van der Waals surface area contributed by atoms with Crippen LogP contribution in [0.3, 0.4) is 0 Å². The highest BCUT2D eigenvalue weighted by atomic mass is 28.1. The van der Waals surface area contributed by atoms with Crippen LogP contribution in [0.2, 0.25) is 0 Å². The molecule has 0 saturated heterocycles. The Kier molecular flexibility index (Phi) is 24.7. The van der Waals surface area contributed by atoms with Crippen LogP contribution < -0.4 is 0 Å². The largest absolute Gasteiger partial charge is 0.412 e. The Labute approximate surface area is 347 Å². The van der Waals surface area contributed by atoms with Crippen LogP contribution >= 0.6 is 0 Å². The van der Waals surface area contributed by atoms with E-state index in [2.05, 4.69) is 18.2 Å². The summed E-state index contributed by atoms with van der Waals surface area (Å²) in [7, 11) is 4.97. The second-order valence-corrected chi connectivity index (χ2v) is 17.8. The van der Waals surface area contributed by atoms with Gasteiger partial charge in [-0.05, 0) is 173 Å². The van der Waals surface area contributed by atoms with Gasteiger partial charge in [-0.1, -0.05) is 88.6 Å². The maximum Gasteiger partial charge on any atom is 0.381 e. The van der Waals surface area contributed by atoms with Crippen LogP contribution in [0.5, 0.6) is 0 Å². The Morgan fingerprint density at radius 3 is 1.25 bits per heavy atom. The Hall–Kier alpha value is -2.16. The van der Waals surface area contributed by atoms with E-state index in [9.17, 15) is 17.6 Å². The highest BCUT2D eigenvalue weighted by Crippen LogP contribution is 2.47. The maximum atomic E-state index is 14.3. The van der Waals surface area contributed by atoms with E-state index in [1.165, 1.54) is 109 Å². The standard InChI is InChI=1S/C24H36F2.C23H32F2.C2H6O.OSi.H2O/c1-3-4-5-6-18-8-10-19(11-9-18)20-12-14-21(15-13-20)22-16-7-17(2)23(25)24(22)26;1-3-4-5-17-7-9-18(10-8-17)19-11-13-20(14-12-19)21-15-6-16(2)22(24)23(21)25;1-3-2;1-2;/h7,16,18-21H,3-6,8-15H2,1-2H3;3,6,15,17-20H,1,4-5,7-14H2,2H3;1-2H3;;1H2. The molecule has 0 atom stereocenters. The third-order valence-corrected chi connectivity index (χ3v) is 14.1. The summed E-state index contributed by atoms with van der Waals surface area (Å²) in [6.07, 6.45) is 30.0. The van der Waals surface area contributed by atoms with Crippen LogP contribution in [0.25, 0.3) is 0 Å². The van der Waals surface area contributed by atoms with E-state index in [0.29, 0.717) is 22.3 Å². The molecule has 4 aliphatic rings. The van der Waals surface area contributed by atoms with Gasteiger partial charge in [0.25, 0.3) is 0 Å². The van der Waals surface area contributed by atoms with Gasteiger partial charge in [-0.15, -0.1) is 6.58 Å². The van der Waals surface area contributed by atoms with Gasteiger partial charge in [0, 0.05) is 14.2 Å². The summed E-state index contributed by atoms with van der Waals surface area (Å²) in [6, 6.07) is 7.09. The van der Waals surface area contributed by atoms with Crippen LogP contribution in [0.4, 0.5) is 17.6 Å². The van der Waals surface area contributed by atoms with E-state index >= 15 is 0 Å². The number of ether oxygens (including phenoxy) is 1. The number of unbranched alkanes of at least 4 members (excludes halogenated alkanes) is 2. The summed E-state index contributed by atoms with van der Waals surface area (Å²) in [5.74, 6) is 3.15. The fraction of sp³-hybridized carbons (Fsp3) is 0.714. The molecular formula is C49H76F4O3Si. The fourth-order valence-corrected chi connectivity index (χ4v) is 10.7. The molecule has 6 rings (SSSR count). The first-order valence-electron chi connectivity index (χ1n) is 22.2. The molecule has 322 valence electrons. The van der Waals surface area contributed by atoms with Crippen LogP contribution in [0.1, 0.15) is 182 Å². The zero-order chi connectivity index (χ0) is 41.0. The van der Waals surface area contributed by atoms with Gasteiger partial charge < -0.3 is 14.7 Å². The molecule has 8 heteroatoms. The number of methoxy groups -OCH3 is 1. The number of rotatable bonds is 11. The average molecular weight is 817 g/mol. The molecule has 0 spiro atoms. The minimum absolute atomic E-state index is 0. The first-order chi connectivity index (χ1) is 27.1. The second kappa shape index (κ2) is 27.6. The fourth-order valence-electron chi connectivity index (χ4n) is 10.7. The SMILES string of the molecule is C=CCCC1CCC(C2CCC(c3ccc(C)c(F)c3F)CC2)CC1.CCCCCC1CCC(C2CCC(c3ccc(C)c(F)c3F)CC2)CC1.COC.O.O=[Si]. The van der Waals surface area contributed by atoms with Crippen LogP contribution in [-0.4, -0.2) is 29.8 Å². The maximum absolute atomic E-state index is 14.3. The Balaban J connectivity index is 0.000000348. The van der Waals surface area contributed by atoms with Crippen molar-refractivity contribution in [1.82, 2.24) is 0 Å².